The number of nitrogens with one attached hydrogen (secondary N) is 1. The number of piperidine rings is 1. The Labute approximate surface area is 109 Å². The number of hydrogen-bond donors (Lipinski definition) is 2. The van der Waals surface area contributed by atoms with Crippen LogP contribution in [0.5, 0.6) is 0 Å². The van der Waals surface area contributed by atoms with Gasteiger partial charge in [-0.3, -0.25) is 0 Å². The van der Waals surface area contributed by atoms with Gasteiger partial charge in [-0.2, -0.15) is 0 Å². The third kappa shape index (κ3) is 3.56. The van der Waals surface area contributed by atoms with Crippen LogP contribution in [0.2, 0.25) is 0 Å². The smallest absolute Gasteiger partial charge is 0.0595 e. The summed E-state index contributed by atoms with van der Waals surface area (Å²) in [7, 11) is 0. The molecule has 0 aromatic heterocycles. The topological polar surface area (TPSA) is 32.3 Å². The van der Waals surface area contributed by atoms with E-state index in [0.29, 0.717) is 0 Å². The van der Waals surface area contributed by atoms with Gasteiger partial charge in [-0.05, 0) is 18.5 Å². The summed E-state index contributed by atoms with van der Waals surface area (Å²) < 4.78 is 0. The first-order valence-electron chi connectivity index (χ1n) is 6.59. The molecule has 0 bridgehead atoms. The summed E-state index contributed by atoms with van der Waals surface area (Å²) in [5, 5.41) is 13.2. The Morgan fingerprint density at radius 2 is 2.00 bits per heavy atom. The molecule has 2 N–H and O–H groups in total. The van der Waals surface area contributed by atoms with Gasteiger partial charge in [0.2, 0.25) is 0 Å². The van der Waals surface area contributed by atoms with E-state index in [-0.39, 0.29) is 18.1 Å². The zero-order chi connectivity index (χ0) is 12.8. The highest BCUT2D eigenvalue weighted by Gasteiger charge is 2.25. The summed E-state index contributed by atoms with van der Waals surface area (Å²) in [6.07, 6.45) is 8.99. The number of aliphatic hydroxyl groups excluding tert-OH is 1. The SMILES string of the molecule is C[C@@H]1[C@H](O)CCN[C@H]1/C=C/C=C/c1ccccc1. The van der Waals surface area contributed by atoms with Crippen molar-refractivity contribution in [1.82, 2.24) is 5.32 Å². The second-order valence-corrected chi connectivity index (χ2v) is 4.85. The number of hydrogen-bond acceptors (Lipinski definition) is 2. The standard InChI is InChI=1S/C16H21NO/c1-13-15(17-12-11-16(13)18)10-6-5-9-14-7-3-2-4-8-14/h2-10,13,15-18H,11-12H2,1H3/b9-5+,10-6+/t13-,15-,16+/m0/s1. The van der Waals surface area contributed by atoms with Gasteiger partial charge in [-0.25, -0.2) is 0 Å². The average Bonchev–Trinajstić information content (AvgIpc) is 2.40. The Bertz CT molecular complexity index is 410. The van der Waals surface area contributed by atoms with Crippen molar-refractivity contribution in [3.63, 3.8) is 0 Å². The van der Waals surface area contributed by atoms with Gasteiger partial charge in [0, 0.05) is 12.0 Å². The fraction of sp³-hybridized carbons (Fsp3) is 0.375. The summed E-state index contributed by atoms with van der Waals surface area (Å²) in [6.45, 7) is 2.98. The summed E-state index contributed by atoms with van der Waals surface area (Å²) in [4.78, 5) is 0. The molecule has 2 nitrogen and oxygen atoms in total. The van der Waals surface area contributed by atoms with E-state index in [2.05, 4.69) is 42.6 Å². The predicted octanol–water partition coefficient (Wildman–Crippen LogP) is 2.61. The lowest BCUT2D eigenvalue weighted by molar-refractivity contribution is 0.0726. The van der Waals surface area contributed by atoms with Crippen molar-refractivity contribution < 1.29 is 5.11 Å². The van der Waals surface area contributed by atoms with E-state index in [1.54, 1.807) is 0 Å². The second kappa shape index (κ2) is 6.53. The fourth-order valence-corrected chi connectivity index (χ4v) is 2.24. The van der Waals surface area contributed by atoms with Gasteiger partial charge in [-0.15, -0.1) is 0 Å². The van der Waals surface area contributed by atoms with Crippen LogP contribution in [0.15, 0.2) is 48.6 Å². The Balaban J connectivity index is 1.89. The van der Waals surface area contributed by atoms with E-state index >= 15 is 0 Å². The molecule has 0 aliphatic carbocycles. The van der Waals surface area contributed by atoms with Gasteiger partial charge in [0.1, 0.15) is 0 Å². The maximum absolute atomic E-state index is 9.79. The minimum Gasteiger partial charge on any atom is -0.393 e. The molecule has 18 heavy (non-hydrogen) atoms. The first-order valence-corrected chi connectivity index (χ1v) is 6.59. The second-order valence-electron chi connectivity index (χ2n) is 4.85. The molecule has 0 amide bonds. The van der Waals surface area contributed by atoms with Crippen molar-refractivity contribution in [2.75, 3.05) is 6.54 Å². The van der Waals surface area contributed by atoms with Crippen LogP contribution < -0.4 is 5.32 Å². The molecule has 1 aliphatic rings. The van der Waals surface area contributed by atoms with Gasteiger partial charge >= 0.3 is 0 Å². The zero-order valence-corrected chi connectivity index (χ0v) is 10.8. The maximum Gasteiger partial charge on any atom is 0.0595 e. The number of benzene rings is 1. The molecule has 2 heteroatoms. The molecular formula is C16H21NO. The van der Waals surface area contributed by atoms with Crippen LogP contribution >= 0.6 is 0 Å². The molecule has 0 spiro atoms. The minimum atomic E-state index is -0.181. The van der Waals surface area contributed by atoms with Crippen molar-refractivity contribution >= 4 is 6.08 Å². The third-order valence-electron chi connectivity index (χ3n) is 3.51. The molecule has 1 heterocycles. The molecule has 0 radical (unpaired) electrons. The van der Waals surface area contributed by atoms with Crippen molar-refractivity contribution in [1.29, 1.82) is 0 Å². The van der Waals surface area contributed by atoms with Crippen molar-refractivity contribution in [2.45, 2.75) is 25.5 Å². The molecule has 0 saturated carbocycles. The number of rotatable bonds is 3. The van der Waals surface area contributed by atoms with Gasteiger partial charge in [0.25, 0.3) is 0 Å². The van der Waals surface area contributed by atoms with Gasteiger partial charge in [0.05, 0.1) is 6.10 Å². The van der Waals surface area contributed by atoms with Crippen LogP contribution in [0.4, 0.5) is 0 Å². The third-order valence-corrected chi connectivity index (χ3v) is 3.51. The quantitative estimate of drug-likeness (QED) is 0.800. The van der Waals surface area contributed by atoms with Gasteiger partial charge in [0.15, 0.2) is 0 Å². The molecule has 1 aromatic rings. The van der Waals surface area contributed by atoms with Crippen molar-refractivity contribution in [3.8, 4) is 0 Å². The Morgan fingerprint density at radius 1 is 1.22 bits per heavy atom. The lowest BCUT2D eigenvalue weighted by Crippen LogP contribution is -2.46. The summed E-state index contributed by atoms with van der Waals surface area (Å²) >= 11 is 0. The van der Waals surface area contributed by atoms with Crippen molar-refractivity contribution in [3.05, 3.63) is 54.1 Å². The molecule has 0 unspecified atom stereocenters. The normalized spacial score (nSPS) is 29.1. The highest BCUT2D eigenvalue weighted by molar-refractivity contribution is 5.50. The molecule has 1 saturated heterocycles. The van der Waals surface area contributed by atoms with E-state index in [1.165, 1.54) is 5.56 Å². The minimum absolute atomic E-state index is 0.181. The fourth-order valence-electron chi connectivity index (χ4n) is 2.24. The first-order chi connectivity index (χ1) is 8.77. The Hall–Kier alpha value is -1.38. The van der Waals surface area contributed by atoms with Crippen LogP contribution in [-0.4, -0.2) is 23.8 Å². The summed E-state index contributed by atoms with van der Waals surface area (Å²) in [5.74, 6) is 0.278. The predicted molar refractivity (Wildman–Crippen MR) is 76.2 cm³/mol. The van der Waals surface area contributed by atoms with E-state index in [0.717, 1.165) is 13.0 Å². The van der Waals surface area contributed by atoms with Crippen LogP contribution in [-0.2, 0) is 0 Å². The van der Waals surface area contributed by atoms with E-state index < -0.39 is 0 Å². The highest BCUT2D eigenvalue weighted by atomic mass is 16.3. The molecule has 1 aromatic carbocycles. The zero-order valence-electron chi connectivity index (χ0n) is 10.8. The van der Waals surface area contributed by atoms with Gasteiger partial charge in [-0.1, -0.05) is 61.6 Å². The average molecular weight is 243 g/mol. The Kier molecular flexibility index (Phi) is 4.73. The van der Waals surface area contributed by atoms with E-state index in [4.69, 9.17) is 0 Å². The van der Waals surface area contributed by atoms with Crippen LogP contribution in [0.25, 0.3) is 6.08 Å². The monoisotopic (exact) mass is 243 g/mol. The van der Waals surface area contributed by atoms with Gasteiger partial charge < -0.3 is 10.4 Å². The molecule has 1 aliphatic heterocycles. The lowest BCUT2D eigenvalue weighted by atomic mass is 9.89. The Morgan fingerprint density at radius 3 is 2.78 bits per heavy atom. The first kappa shape index (κ1) is 13.1. The molecular weight excluding hydrogens is 222 g/mol. The maximum atomic E-state index is 9.79. The van der Waals surface area contributed by atoms with Crippen LogP contribution in [0.1, 0.15) is 18.9 Å². The molecule has 96 valence electrons. The number of allylic oxidation sites excluding steroid dienone is 2. The highest BCUT2D eigenvalue weighted by Crippen LogP contribution is 2.17. The van der Waals surface area contributed by atoms with E-state index in [1.807, 2.05) is 24.3 Å². The lowest BCUT2D eigenvalue weighted by Gasteiger charge is -2.32. The molecule has 1 fully saturated rings. The van der Waals surface area contributed by atoms with Crippen LogP contribution in [0, 0.1) is 5.92 Å². The number of aliphatic hydroxyl groups is 1. The van der Waals surface area contributed by atoms with Crippen LogP contribution in [0.3, 0.4) is 0 Å². The molecule has 3 atom stereocenters. The molecule has 2 rings (SSSR count). The summed E-state index contributed by atoms with van der Waals surface area (Å²) in [6, 6.07) is 10.5. The summed E-state index contributed by atoms with van der Waals surface area (Å²) in [5.41, 5.74) is 1.20. The van der Waals surface area contributed by atoms with Crippen molar-refractivity contribution in [2.24, 2.45) is 5.92 Å². The van der Waals surface area contributed by atoms with E-state index in [9.17, 15) is 5.11 Å². The largest absolute Gasteiger partial charge is 0.393 e.